The number of nitrogens with two attached hydrogens (primary N) is 1. The van der Waals surface area contributed by atoms with Gasteiger partial charge in [0.25, 0.3) is 0 Å². The summed E-state index contributed by atoms with van der Waals surface area (Å²) in [6, 6.07) is 12.9. The van der Waals surface area contributed by atoms with Crippen molar-refractivity contribution in [3.8, 4) is 0 Å². The first-order valence-electron chi connectivity index (χ1n) is 8.65. The Balaban J connectivity index is 1.66. The summed E-state index contributed by atoms with van der Waals surface area (Å²) in [5.41, 5.74) is 7.21. The van der Waals surface area contributed by atoms with Crippen LogP contribution < -0.4 is 11.1 Å². The maximum Gasteiger partial charge on any atom is 0.248 e. The molecule has 1 aliphatic rings. The molecule has 0 aliphatic heterocycles. The van der Waals surface area contributed by atoms with E-state index in [-0.39, 0.29) is 17.8 Å². The first-order chi connectivity index (χ1) is 12.4. The normalized spacial score (nSPS) is 14.9. The second-order valence-corrected chi connectivity index (χ2v) is 6.64. The van der Waals surface area contributed by atoms with Crippen molar-refractivity contribution in [3.05, 3.63) is 65.5 Å². The summed E-state index contributed by atoms with van der Waals surface area (Å²) < 4.78 is 13.1. The Labute approximate surface area is 152 Å². The van der Waals surface area contributed by atoms with Crippen LogP contribution in [-0.4, -0.2) is 28.8 Å². The number of amides is 2. The van der Waals surface area contributed by atoms with Crippen LogP contribution in [0.4, 0.5) is 10.1 Å². The molecule has 3 rings (SSSR count). The van der Waals surface area contributed by atoms with Gasteiger partial charge in [0.1, 0.15) is 5.82 Å². The Bertz CT molecular complexity index is 786. The highest BCUT2D eigenvalue weighted by atomic mass is 19.1. The third-order valence-electron chi connectivity index (χ3n) is 4.61. The average Bonchev–Trinajstić information content (AvgIpc) is 3.46. The molecule has 3 N–H and O–H groups in total. The van der Waals surface area contributed by atoms with Crippen molar-refractivity contribution >= 4 is 17.5 Å². The molecular formula is C20H22FN3O2. The molecule has 0 aromatic heterocycles. The van der Waals surface area contributed by atoms with E-state index in [4.69, 9.17) is 5.73 Å². The van der Waals surface area contributed by atoms with Crippen LogP contribution in [0.2, 0.25) is 0 Å². The lowest BCUT2D eigenvalue weighted by Gasteiger charge is -2.28. The first-order valence-corrected chi connectivity index (χ1v) is 8.65. The monoisotopic (exact) mass is 355 g/mol. The quantitative estimate of drug-likeness (QED) is 0.802. The number of anilines is 1. The van der Waals surface area contributed by atoms with Crippen molar-refractivity contribution in [2.75, 3.05) is 5.32 Å². The van der Waals surface area contributed by atoms with Gasteiger partial charge in [-0.2, -0.15) is 0 Å². The van der Waals surface area contributed by atoms with E-state index in [0.29, 0.717) is 23.8 Å². The summed E-state index contributed by atoms with van der Waals surface area (Å²) in [4.78, 5) is 25.9. The van der Waals surface area contributed by atoms with Gasteiger partial charge in [-0.15, -0.1) is 0 Å². The molecular weight excluding hydrogens is 333 g/mol. The summed E-state index contributed by atoms with van der Waals surface area (Å²) in [5.74, 6) is -0.891. The Hall–Kier alpha value is -2.73. The van der Waals surface area contributed by atoms with Crippen molar-refractivity contribution in [3.63, 3.8) is 0 Å². The molecule has 5 nitrogen and oxygen atoms in total. The molecule has 2 aromatic rings. The molecule has 0 heterocycles. The zero-order valence-electron chi connectivity index (χ0n) is 14.6. The van der Waals surface area contributed by atoms with Crippen LogP contribution in [0.1, 0.15) is 35.7 Å². The van der Waals surface area contributed by atoms with Gasteiger partial charge in [0.15, 0.2) is 0 Å². The predicted molar refractivity (Wildman–Crippen MR) is 98.0 cm³/mol. The topological polar surface area (TPSA) is 75.4 Å². The van der Waals surface area contributed by atoms with E-state index in [1.54, 1.807) is 36.4 Å². The fourth-order valence-electron chi connectivity index (χ4n) is 2.90. The smallest absolute Gasteiger partial charge is 0.248 e. The third kappa shape index (κ3) is 4.46. The highest BCUT2D eigenvalue weighted by molar-refractivity contribution is 5.96. The first kappa shape index (κ1) is 18.1. The molecule has 1 fully saturated rings. The van der Waals surface area contributed by atoms with Gasteiger partial charge in [-0.05, 0) is 61.7 Å². The van der Waals surface area contributed by atoms with Crippen molar-refractivity contribution in [2.45, 2.75) is 38.4 Å². The van der Waals surface area contributed by atoms with Crippen LogP contribution >= 0.6 is 0 Å². The predicted octanol–water partition coefficient (Wildman–Crippen LogP) is 2.92. The summed E-state index contributed by atoms with van der Waals surface area (Å²) >= 11 is 0. The van der Waals surface area contributed by atoms with Crippen molar-refractivity contribution in [1.82, 2.24) is 4.90 Å². The third-order valence-corrected chi connectivity index (χ3v) is 4.61. The number of rotatable bonds is 7. The zero-order valence-corrected chi connectivity index (χ0v) is 14.6. The Morgan fingerprint density at radius 3 is 2.31 bits per heavy atom. The molecule has 0 radical (unpaired) electrons. The molecule has 1 saturated carbocycles. The number of hydrogen-bond donors (Lipinski definition) is 2. The van der Waals surface area contributed by atoms with Gasteiger partial charge in [-0.3, -0.25) is 14.5 Å². The lowest BCUT2D eigenvalue weighted by molar-refractivity contribution is -0.121. The molecule has 0 saturated heterocycles. The van der Waals surface area contributed by atoms with Gasteiger partial charge >= 0.3 is 0 Å². The summed E-state index contributed by atoms with van der Waals surface area (Å²) in [6.45, 7) is 2.47. The number of hydrogen-bond acceptors (Lipinski definition) is 3. The average molecular weight is 355 g/mol. The lowest BCUT2D eigenvalue weighted by Crippen LogP contribution is -2.43. The number of nitrogens with zero attached hydrogens (tertiary/aromatic N) is 1. The van der Waals surface area contributed by atoms with E-state index >= 15 is 0 Å². The van der Waals surface area contributed by atoms with Crippen LogP contribution in [0.25, 0.3) is 0 Å². The van der Waals surface area contributed by atoms with Gasteiger partial charge < -0.3 is 11.1 Å². The van der Waals surface area contributed by atoms with Crippen LogP contribution in [0, 0.1) is 5.82 Å². The molecule has 0 spiro atoms. The van der Waals surface area contributed by atoms with Gasteiger partial charge in [0.2, 0.25) is 11.8 Å². The van der Waals surface area contributed by atoms with Crippen molar-refractivity contribution < 1.29 is 14.0 Å². The van der Waals surface area contributed by atoms with Crippen molar-refractivity contribution in [1.29, 1.82) is 0 Å². The molecule has 1 aliphatic carbocycles. The van der Waals surface area contributed by atoms with E-state index in [0.717, 1.165) is 18.4 Å². The zero-order chi connectivity index (χ0) is 18.7. The highest BCUT2D eigenvalue weighted by Crippen LogP contribution is 2.30. The van der Waals surface area contributed by atoms with Crippen molar-refractivity contribution in [2.24, 2.45) is 5.73 Å². The van der Waals surface area contributed by atoms with Gasteiger partial charge in [0.05, 0.1) is 6.04 Å². The SMILES string of the molecule is C[C@H](C(=O)Nc1ccc(C(N)=O)cc1)N(Cc1ccc(F)cc1)C1CC1. The fraction of sp³-hybridized carbons (Fsp3) is 0.300. The molecule has 2 amide bonds. The number of halogens is 1. The largest absolute Gasteiger partial charge is 0.366 e. The number of carbonyl (C=O) groups is 2. The summed E-state index contributed by atoms with van der Waals surface area (Å²) in [7, 11) is 0. The van der Waals surface area contributed by atoms with Crippen LogP contribution in [0.5, 0.6) is 0 Å². The van der Waals surface area contributed by atoms with Crippen LogP contribution in [-0.2, 0) is 11.3 Å². The van der Waals surface area contributed by atoms with Gasteiger partial charge in [0, 0.05) is 23.8 Å². The van der Waals surface area contributed by atoms with E-state index in [9.17, 15) is 14.0 Å². The van der Waals surface area contributed by atoms with E-state index in [1.807, 2.05) is 6.92 Å². The number of nitrogens with one attached hydrogen (secondary N) is 1. The molecule has 2 aromatic carbocycles. The Morgan fingerprint density at radius 2 is 1.77 bits per heavy atom. The van der Waals surface area contributed by atoms with Crippen LogP contribution in [0.15, 0.2) is 48.5 Å². The number of primary amides is 1. The number of benzene rings is 2. The van der Waals surface area contributed by atoms with E-state index < -0.39 is 5.91 Å². The second kappa shape index (κ2) is 7.66. The molecule has 0 bridgehead atoms. The van der Waals surface area contributed by atoms with E-state index in [2.05, 4.69) is 10.2 Å². The lowest BCUT2D eigenvalue weighted by atomic mass is 10.1. The Morgan fingerprint density at radius 1 is 1.15 bits per heavy atom. The summed E-state index contributed by atoms with van der Waals surface area (Å²) in [6.07, 6.45) is 2.12. The standard InChI is InChI=1S/C20H22FN3O2/c1-13(20(26)23-17-8-4-15(5-9-17)19(22)25)24(18-10-11-18)12-14-2-6-16(21)7-3-14/h2-9,13,18H,10-12H2,1H3,(H2,22,25)(H,23,26)/t13-/m1/s1. The maximum absolute atomic E-state index is 13.1. The van der Waals surface area contributed by atoms with Gasteiger partial charge in [-0.1, -0.05) is 12.1 Å². The molecule has 1 atom stereocenters. The maximum atomic E-state index is 13.1. The number of carbonyl (C=O) groups excluding carboxylic acids is 2. The second-order valence-electron chi connectivity index (χ2n) is 6.64. The molecule has 6 heteroatoms. The minimum Gasteiger partial charge on any atom is -0.366 e. The Kier molecular flexibility index (Phi) is 5.32. The highest BCUT2D eigenvalue weighted by Gasteiger charge is 2.35. The molecule has 26 heavy (non-hydrogen) atoms. The van der Waals surface area contributed by atoms with Gasteiger partial charge in [-0.25, -0.2) is 4.39 Å². The minimum absolute atomic E-state index is 0.120. The van der Waals surface area contributed by atoms with E-state index in [1.165, 1.54) is 12.1 Å². The molecule has 136 valence electrons. The summed E-state index contributed by atoms with van der Waals surface area (Å²) in [5, 5.41) is 2.87. The fourth-order valence-corrected chi connectivity index (χ4v) is 2.90. The molecule has 0 unspecified atom stereocenters. The minimum atomic E-state index is -0.504. The van der Waals surface area contributed by atoms with Crippen LogP contribution in [0.3, 0.4) is 0 Å².